The van der Waals surface area contributed by atoms with Gasteiger partial charge in [0, 0.05) is 26.3 Å². The van der Waals surface area contributed by atoms with Crippen LogP contribution in [0.15, 0.2) is 52.1 Å². The van der Waals surface area contributed by atoms with Crippen LogP contribution in [-0.4, -0.2) is 60.3 Å². The van der Waals surface area contributed by atoms with Crippen molar-refractivity contribution in [2.75, 3.05) is 27.4 Å². The summed E-state index contributed by atoms with van der Waals surface area (Å²) in [6.07, 6.45) is 5.46. The molecule has 8 heteroatoms. The number of amides is 2. The number of hydrogen-bond donors (Lipinski definition) is 1. The van der Waals surface area contributed by atoms with E-state index in [1.54, 1.807) is 26.4 Å². The van der Waals surface area contributed by atoms with E-state index in [0.717, 1.165) is 22.4 Å². The average molecular weight is 479 g/mol. The Morgan fingerprint density at radius 2 is 2.09 bits per heavy atom. The molecule has 5 rings (SSSR count). The van der Waals surface area contributed by atoms with E-state index in [1.165, 1.54) is 4.90 Å². The van der Waals surface area contributed by atoms with Crippen LogP contribution in [0, 0.1) is 17.8 Å². The number of aromatic nitrogens is 1. The van der Waals surface area contributed by atoms with Gasteiger partial charge in [-0.3, -0.25) is 19.5 Å². The number of methoxy groups -OCH3 is 1. The summed E-state index contributed by atoms with van der Waals surface area (Å²) in [5.74, 6) is 0.191. The summed E-state index contributed by atoms with van der Waals surface area (Å²) in [6, 6.07) is 9.36. The number of pyridine rings is 1. The number of fused-ring (bicyclic) bond motifs is 3. The zero-order valence-corrected chi connectivity index (χ0v) is 20.0. The topological polar surface area (TPSA) is 102 Å². The fourth-order valence-corrected chi connectivity index (χ4v) is 5.78. The van der Waals surface area contributed by atoms with Gasteiger partial charge in [-0.2, -0.15) is 0 Å². The number of allylic oxidation sites excluding steroid dienone is 1. The van der Waals surface area contributed by atoms with Gasteiger partial charge < -0.3 is 19.0 Å². The summed E-state index contributed by atoms with van der Waals surface area (Å²) in [5, 5.41) is 9.34. The molecule has 4 heterocycles. The van der Waals surface area contributed by atoms with Crippen molar-refractivity contribution in [3.05, 3.63) is 64.9 Å². The van der Waals surface area contributed by atoms with Crippen molar-refractivity contribution in [2.45, 2.75) is 32.0 Å². The zero-order valence-electron chi connectivity index (χ0n) is 20.0. The molecule has 2 saturated heterocycles. The molecule has 2 amide bonds. The lowest BCUT2D eigenvalue weighted by Gasteiger charge is -2.31. The maximum absolute atomic E-state index is 12.9. The highest BCUT2D eigenvalue weighted by atomic mass is 16.5. The molecule has 0 saturated carbocycles. The van der Waals surface area contributed by atoms with Crippen LogP contribution in [-0.2, 0) is 25.7 Å². The van der Waals surface area contributed by atoms with Crippen molar-refractivity contribution >= 4 is 23.5 Å². The molecule has 0 bridgehead atoms. The number of likely N-dealkylation sites (tertiary alicyclic amines) is 1. The van der Waals surface area contributed by atoms with Crippen LogP contribution in [0.1, 0.15) is 36.5 Å². The van der Waals surface area contributed by atoms with E-state index in [-0.39, 0.29) is 42.3 Å². The maximum Gasteiger partial charge on any atom is 0.233 e. The Balaban J connectivity index is 1.42. The van der Waals surface area contributed by atoms with Crippen LogP contribution in [0.2, 0.25) is 0 Å². The fraction of sp³-hybridized carbons (Fsp3) is 0.444. The summed E-state index contributed by atoms with van der Waals surface area (Å²) >= 11 is 0. The first-order chi connectivity index (χ1) is 17.0. The number of rotatable bonds is 8. The second-order valence-electron chi connectivity index (χ2n) is 9.38. The van der Waals surface area contributed by atoms with Crippen LogP contribution in [0.25, 0.3) is 11.6 Å². The second kappa shape index (κ2) is 9.89. The Hall–Kier alpha value is -3.07. The number of imide groups is 1. The number of furan rings is 1. The van der Waals surface area contributed by atoms with Crippen molar-refractivity contribution in [2.24, 2.45) is 17.8 Å². The fourth-order valence-electron chi connectivity index (χ4n) is 5.78. The van der Waals surface area contributed by atoms with Crippen molar-refractivity contribution in [1.29, 1.82) is 0 Å². The van der Waals surface area contributed by atoms with Gasteiger partial charge in [0.2, 0.25) is 11.8 Å². The monoisotopic (exact) mass is 478 g/mol. The minimum Gasteiger partial charge on any atom is -0.459 e. The molecular formula is C27H30N2O6. The van der Waals surface area contributed by atoms with Gasteiger partial charge in [0.1, 0.15) is 18.1 Å². The SMILES string of the molecule is COCC1=C2[C@@H](CC/C(=C/c3ccc(CO)o3)c3ccccn3)OC[C@@H]2[C@@H]2C(=O)N(C)C(=O)[C@@H]2C1. The van der Waals surface area contributed by atoms with Crippen LogP contribution >= 0.6 is 0 Å². The number of carbonyl (C=O) groups is 2. The molecular weight excluding hydrogens is 448 g/mol. The first-order valence-electron chi connectivity index (χ1n) is 12.0. The summed E-state index contributed by atoms with van der Waals surface area (Å²) < 4.78 is 17.4. The van der Waals surface area contributed by atoms with Crippen LogP contribution in [0.4, 0.5) is 0 Å². The quantitative estimate of drug-likeness (QED) is 0.460. The van der Waals surface area contributed by atoms with Crippen LogP contribution in [0.3, 0.4) is 0 Å². The Morgan fingerprint density at radius 3 is 2.80 bits per heavy atom. The van der Waals surface area contributed by atoms with Gasteiger partial charge in [-0.05, 0) is 66.3 Å². The highest BCUT2D eigenvalue weighted by molar-refractivity contribution is 6.05. The van der Waals surface area contributed by atoms with E-state index >= 15 is 0 Å². The molecule has 2 aromatic heterocycles. The Morgan fingerprint density at radius 1 is 1.23 bits per heavy atom. The van der Waals surface area contributed by atoms with Gasteiger partial charge in [0.25, 0.3) is 0 Å². The van der Waals surface area contributed by atoms with Crippen molar-refractivity contribution in [1.82, 2.24) is 9.88 Å². The van der Waals surface area contributed by atoms with Crippen LogP contribution in [0.5, 0.6) is 0 Å². The third kappa shape index (κ3) is 4.37. The van der Waals surface area contributed by atoms with Gasteiger partial charge in [-0.1, -0.05) is 6.07 Å². The normalized spacial score (nSPS) is 26.5. The number of aliphatic hydroxyl groups is 1. The summed E-state index contributed by atoms with van der Waals surface area (Å²) in [7, 11) is 3.23. The van der Waals surface area contributed by atoms with Crippen molar-refractivity contribution in [3.8, 4) is 0 Å². The second-order valence-corrected chi connectivity index (χ2v) is 9.38. The third-order valence-corrected chi connectivity index (χ3v) is 7.37. The standard InChI is InChI=1S/C27H30N2O6/c1-29-26(31)20-12-17(14-33-2)24-21(25(20)27(29)32)15-34-23(24)9-6-16(22-5-3-4-10-28-22)11-18-7-8-19(13-30)35-18/h3-5,7-8,10-11,20-21,23,25,30H,6,9,12-15H2,1-2H3/b16-11-/t20-,21+,23-,25-/m1/s1. The zero-order chi connectivity index (χ0) is 24.5. The Kier molecular flexibility index (Phi) is 6.69. The maximum atomic E-state index is 12.9. The third-order valence-electron chi connectivity index (χ3n) is 7.37. The average Bonchev–Trinajstić information content (AvgIpc) is 3.57. The lowest BCUT2D eigenvalue weighted by Crippen LogP contribution is -2.34. The van der Waals surface area contributed by atoms with Crippen LogP contribution < -0.4 is 0 Å². The van der Waals surface area contributed by atoms with E-state index in [2.05, 4.69) is 4.98 Å². The molecule has 0 spiro atoms. The van der Waals surface area contributed by atoms with Gasteiger partial charge in [0.05, 0.1) is 36.8 Å². The summed E-state index contributed by atoms with van der Waals surface area (Å²) in [6.45, 7) is 0.709. The lowest BCUT2D eigenvalue weighted by molar-refractivity contribution is -0.138. The number of nitrogens with zero attached hydrogens (tertiary/aromatic N) is 2. The van der Waals surface area contributed by atoms with E-state index in [1.807, 2.05) is 30.3 Å². The highest BCUT2D eigenvalue weighted by Gasteiger charge is 2.56. The molecule has 0 radical (unpaired) electrons. The number of carbonyl (C=O) groups excluding carboxylic acids is 2. The van der Waals surface area contributed by atoms with E-state index in [9.17, 15) is 14.7 Å². The molecule has 4 atom stereocenters. The van der Waals surface area contributed by atoms with E-state index in [0.29, 0.717) is 44.0 Å². The van der Waals surface area contributed by atoms with Crippen molar-refractivity contribution in [3.63, 3.8) is 0 Å². The predicted molar refractivity (Wildman–Crippen MR) is 127 cm³/mol. The molecule has 1 N–H and O–H groups in total. The molecule has 2 aliphatic heterocycles. The molecule has 2 aromatic rings. The summed E-state index contributed by atoms with van der Waals surface area (Å²) in [4.78, 5) is 31.4. The molecule has 3 aliphatic rings. The first kappa shape index (κ1) is 23.7. The minimum atomic E-state index is -0.348. The van der Waals surface area contributed by atoms with Crippen molar-refractivity contribution < 1.29 is 28.6 Å². The molecule has 0 aromatic carbocycles. The largest absolute Gasteiger partial charge is 0.459 e. The van der Waals surface area contributed by atoms with Gasteiger partial charge in [0.15, 0.2) is 0 Å². The molecule has 184 valence electrons. The van der Waals surface area contributed by atoms with Gasteiger partial charge in [-0.15, -0.1) is 0 Å². The smallest absolute Gasteiger partial charge is 0.233 e. The number of aliphatic hydroxyl groups excluding tert-OH is 1. The summed E-state index contributed by atoms with van der Waals surface area (Å²) in [5.41, 5.74) is 4.05. The molecule has 1 aliphatic carbocycles. The van der Waals surface area contributed by atoms with Gasteiger partial charge in [-0.25, -0.2) is 0 Å². The molecule has 35 heavy (non-hydrogen) atoms. The number of ether oxygens (including phenoxy) is 2. The van der Waals surface area contributed by atoms with E-state index in [4.69, 9.17) is 13.9 Å². The van der Waals surface area contributed by atoms with Gasteiger partial charge >= 0.3 is 0 Å². The Labute approximate surface area is 204 Å². The van der Waals surface area contributed by atoms with E-state index < -0.39 is 0 Å². The minimum absolute atomic E-state index is 0.0928. The Bertz CT molecular complexity index is 1170. The molecule has 0 unspecified atom stereocenters. The number of hydrogen-bond acceptors (Lipinski definition) is 7. The molecule has 2 fully saturated rings. The predicted octanol–water partition coefficient (Wildman–Crippen LogP) is 3.08. The first-order valence-corrected chi connectivity index (χ1v) is 12.0. The highest BCUT2D eigenvalue weighted by Crippen LogP contribution is 2.49. The lowest BCUT2D eigenvalue weighted by atomic mass is 9.69. The molecule has 8 nitrogen and oxygen atoms in total.